The molecule has 2 nitrogen and oxygen atoms in total. The molecule has 0 aliphatic carbocycles. The highest BCUT2D eigenvalue weighted by Crippen LogP contribution is 2.35. The summed E-state index contributed by atoms with van der Waals surface area (Å²) < 4.78 is 0. The summed E-state index contributed by atoms with van der Waals surface area (Å²) in [6.07, 6.45) is 3.56. The Morgan fingerprint density at radius 3 is 2.88 bits per heavy atom. The maximum Gasteiger partial charge on any atom is 0.0662 e. The highest BCUT2D eigenvalue weighted by molar-refractivity contribution is 6.33. The molecule has 3 heteroatoms. The number of piperidine rings is 1. The van der Waals surface area contributed by atoms with Gasteiger partial charge in [0.05, 0.1) is 10.7 Å². The van der Waals surface area contributed by atoms with Gasteiger partial charge in [-0.1, -0.05) is 25.4 Å². The van der Waals surface area contributed by atoms with Gasteiger partial charge in [-0.15, -0.1) is 0 Å². The largest absolute Gasteiger partial charge is 0.399 e. The molecule has 0 spiro atoms. The minimum Gasteiger partial charge on any atom is -0.399 e. The van der Waals surface area contributed by atoms with Crippen LogP contribution < -0.4 is 10.6 Å². The van der Waals surface area contributed by atoms with Crippen LogP contribution in [-0.2, 0) is 6.42 Å². The normalized spacial score (nSPS) is 20.6. The molecule has 0 aromatic heterocycles. The van der Waals surface area contributed by atoms with Crippen molar-refractivity contribution >= 4 is 23.0 Å². The summed E-state index contributed by atoms with van der Waals surface area (Å²) in [4.78, 5) is 2.43. The minimum atomic E-state index is 0.752. The van der Waals surface area contributed by atoms with E-state index in [1.165, 1.54) is 24.1 Å². The zero-order valence-electron chi connectivity index (χ0n) is 10.7. The average molecular weight is 253 g/mol. The smallest absolute Gasteiger partial charge is 0.0662 e. The van der Waals surface area contributed by atoms with Crippen molar-refractivity contribution in [1.82, 2.24) is 0 Å². The predicted octanol–water partition coefficient (Wildman–Crippen LogP) is 3.72. The van der Waals surface area contributed by atoms with Gasteiger partial charge in [0.15, 0.2) is 0 Å². The molecule has 2 N–H and O–H groups in total. The molecule has 0 saturated carbocycles. The molecule has 1 aliphatic rings. The first-order valence-corrected chi connectivity index (χ1v) is 6.82. The maximum atomic E-state index is 6.37. The molecule has 17 heavy (non-hydrogen) atoms. The van der Waals surface area contributed by atoms with Crippen molar-refractivity contribution in [3.05, 3.63) is 22.7 Å². The van der Waals surface area contributed by atoms with Crippen molar-refractivity contribution in [1.29, 1.82) is 0 Å². The molecule has 0 unspecified atom stereocenters. The van der Waals surface area contributed by atoms with Crippen molar-refractivity contribution < 1.29 is 0 Å². The number of rotatable bonds is 2. The van der Waals surface area contributed by atoms with Gasteiger partial charge < -0.3 is 10.6 Å². The Balaban J connectivity index is 2.36. The molecule has 1 saturated heterocycles. The van der Waals surface area contributed by atoms with Gasteiger partial charge in [0.25, 0.3) is 0 Å². The average Bonchev–Trinajstić information content (AvgIpc) is 2.27. The third-order valence-corrected chi connectivity index (χ3v) is 3.81. The van der Waals surface area contributed by atoms with Gasteiger partial charge >= 0.3 is 0 Å². The molecule has 0 amide bonds. The van der Waals surface area contributed by atoms with E-state index in [4.69, 9.17) is 17.3 Å². The van der Waals surface area contributed by atoms with E-state index in [0.29, 0.717) is 0 Å². The first kappa shape index (κ1) is 12.6. The fourth-order valence-electron chi connectivity index (χ4n) is 2.70. The van der Waals surface area contributed by atoms with Crippen LogP contribution in [0.15, 0.2) is 12.1 Å². The summed E-state index contributed by atoms with van der Waals surface area (Å²) in [7, 11) is 0. The first-order chi connectivity index (χ1) is 8.11. The highest BCUT2D eigenvalue weighted by atomic mass is 35.5. The monoisotopic (exact) mass is 252 g/mol. The SMILES string of the molecule is CCc1cc(N)cc(Cl)c1N1CCC[C@@H](C)C1. The number of aryl methyl sites for hydroxylation is 1. The summed E-state index contributed by atoms with van der Waals surface area (Å²) in [6, 6.07) is 3.93. The maximum absolute atomic E-state index is 6.37. The number of halogens is 1. The second-order valence-corrected chi connectivity index (χ2v) is 5.46. The molecule has 0 radical (unpaired) electrons. The molecule has 94 valence electrons. The van der Waals surface area contributed by atoms with Gasteiger partial charge in [0.2, 0.25) is 0 Å². The van der Waals surface area contributed by atoms with Crippen molar-refractivity contribution in [3.8, 4) is 0 Å². The Labute approximate surface area is 109 Å². The molecular formula is C14H21ClN2. The van der Waals surface area contributed by atoms with Crippen LogP contribution in [0.1, 0.15) is 32.3 Å². The zero-order chi connectivity index (χ0) is 12.4. The summed E-state index contributed by atoms with van der Waals surface area (Å²) in [6.45, 7) is 6.68. The lowest BCUT2D eigenvalue weighted by molar-refractivity contribution is 0.446. The second-order valence-electron chi connectivity index (χ2n) is 5.06. The van der Waals surface area contributed by atoms with Crippen molar-refractivity contribution in [2.24, 2.45) is 5.92 Å². The molecular weight excluding hydrogens is 232 g/mol. The molecule has 2 rings (SSSR count). The van der Waals surface area contributed by atoms with Gasteiger partial charge in [-0.2, -0.15) is 0 Å². The van der Waals surface area contributed by atoms with Crippen LogP contribution in [0.25, 0.3) is 0 Å². The van der Waals surface area contributed by atoms with Gasteiger partial charge in [-0.25, -0.2) is 0 Å². The number of benzene rings is 1. The summed E-state index contributed by atoms with van der Waals surface area (Å²) in [5, 5.41) is 0.802. The second kappa shape index (κ2) is 5.18. The van der Waals surface area contributed by atoms with Crippen LogP contribution in [0.5, 0.6) is 0 Å². The number of anilines is 2. The fraction of sp³-hybridized carbons (Fsp3) is 0.571. The van der Waals surface area contributed by atoms with E-state index in [2.05, 4.69) is 24.8 Å². The standard InChI is InChI=1S/C14H21ClN2/c1-3-11-7-12(16)8-13(15)14(11)17-6-4-5-10(2)9-17/h7-8,10H,3-6,9,16H2,1-2H3/t10-/m1/s1. The van der Waals surface area contributed by atoms with Crippen molar-refractivity contribution in [2.75, 3.05) is 23.7 Å². The lowest BCUT2D eigenvalue weighted by atomic mass is 9.98. The number of nitrogens with two attached hydrogens (primary N) is 1. The Hall–Kier alpha value is -0.890. The topological polar surface area (TPSA) is 29.3 Å². The third kappa shape index (κ3) is 2.68. The molecule has 1 heterocycles. The van der Waals surface area contributed by atoms with E-state index in [1.54, 1.807) is 0 Å². The van der Waals surface area contributed by atoms with Crippen LogP contribution in [0.2, 0.25) is 5.02 Å². The minimum absolute atomic E-state index is 0.752. The lowest BCUT2D eigenvalue weighted by Gasteiger charge is -2.34. The molecule has 1 aromatic carbocycles. The number of nitrogens with zero attached hydrogens (tertiary/aromatic N) is 1. The van der Waals surface area contributed by atoms with Gasteiger partial charge in [0.1, 0.15) is 0 Å². The predicted molar refractivity (Wildman–Crippen MR) is 75.9 cm³/mol. The number of hydrogen-bond donors (Lipinski definition) is 1. The first-order valence-electron chi connectivity index (χ1n) is 6.44. The van der Waals surface area contributed by atoms with Gasteiger partial charge in [-0.05, 0) is 42.9 Å². The van der Waals surface area contributed by atoms with Crippen LogP contribution in [0.4, 0.5) is 11.4 Å². The molecule has 1 aliphatic heterocycles. The third-order valence-electron chi connectivity index (χ3n) is 3.52. The highest BCUT2D eigenvalue weighted by Gasteiger charge is 2.20. The molecule has 1 fully saturated rings. The van der Waals surface area contributed by atoms with E-state index in [1.807, 2.05) is 6.07 Å². The number of nitrogen functional groups attached to an aromatic ring is 1. The van der Waals surface area contributed by atoms with Crippen LogP contribution in [-0.4, -0.2) is 13.1 Å². The van der Waals surface area contributed by atoms with Gasteiger partial charge in [-0.3, -0.25) is 0 Å². The fourth-order valence-corrected chi connectivity index (χ4v) is 3.06. The Morgan fingerprint density at radius 2 is 2.24 bits per heavy atom. The quantitative estimate of drug-likeness (QED) is 0.813. The summed E-state index contributed by atoms with van der Waals surface area (Å²) >= 11 is 6.37. The lowest BCUT2D eigenvalue weighted by Crippen LogP contribution is -2.35. The Morgan fingerprint density at radius 1 is 1.47 bits per heavy atom. The van der Waals surface area contributed by atoms with E-state index < -0.39 is 0 Å². The van der Waals surface area contributed by atoms with Crippen LogP contribution in [0.3, 0.4) is 0 Å². The Kier molecular flexibility index (Phi) is 3.82. The van der Waals surface area contributed by atoms with Gasteiger partial charge in [0, 0.05) is 18.8 Å². The van der Waals surface area contributed by atoms with E-state index >= 15 is 0 Å². The van der Waals surface area contributed by atoms with Crippen LogP contribution >= 0.6 is 11.6 Å². The van der Waals surface area contributed by atoms with E-state index in [0.717, 1.165) is 36.1 Å². The number of hydrogen-bond acceptors (Lipinski definition) is 2. The molecule has 0 bridgehead atoms. The Bertz CT molecular complexity index is 403. The van der Waals surface area contributed by atoms with Crippen LogP contribution in [0, 0.1) is 5.92 Å². The molecule has 1 atom stereocenters. The zero-order valence-corrected chi connectivity index (χ0v) is 11.4. The van der Waals surface area contributed by atoms with E-state index in [9.17, 15) is 0 Å². The van der Waals surface area contributed by atoms with Crippen molar-refractivity contribution in [3.63, 3.8) is 0 Å². The summed E-state index contributed by atoms with van der Waals surface area (Å²) in [5.41, 5.74) is 9.09. The van der Waals surface area contributed by atoms with Crippen molar-refractivity contribution in [2.45, 2.75) is 33.1 Å². The molecule has 1 aromatic rings. The summed E-state index contributed by atoms with van der Waals surface area (Å²) in [5.74, 6) is 0.752. The van der Waals surface area contributed by atoms with E-state index in [-0.39, 0.29) is 0 Å².